The summed E-state index contributed by atoms with van der Waals surface area (Å²) in [5, 5.41) is 6.02. The Morgan fingerprint density at radius 3 is 2.32 bits per heavy atom. The Morgan fingerprint density at radius 1 is 1.02 bits per heavy atom. The van der Waals surface area contributed by atoms with E-state index in [4.69, 9.17) is 0 Å². The van der Waals surface area contributed by atoms with Crippen LogP contribution < -0.4 is 10.6 Å². The number of alkyl halides is 3. The summed E-state index contributed by atoms with van der Waals surface area (Å²) in [7, 11) is 0. The van der Waals surface area contributed by atoms with E-state index in [0.29, 0.717) is 50.2 Å². The van der Waals surface area contributed by atoms with E-state index in [9.17, 15) is 22.8 Å². The molecule has 6 rings (SSSR count). The van der Waals surface area contributed by atoms with Crippen LogP contribution in [0.15, 0.2) is 35.9 Å². The second-order valence-electron chi connectivity index (χ2n) is 12.9. The lowest BCUT2D eigenvalue weighted by Crippen LogP contribution is -2.55. The third kappa shape index (κ3) is 7.01. The summed E-state index contributed by atoms with van der Waals surface area (Å²) in [4.78, 5) is 32.2. The van der Waals surface area contributed by atoms with Gasteiger partial charge in [-0.1, -0.05) is 44.8 Å². The van der Waals surface area contributed by atoms with Crippen molar-refractivity contribution in [1.29, 1.82) is 0 Å². The number of hydrogen-bond donors (Lipinski definition) is 2. The molecule has 4 aliphatic carbocycles. The minimum Gasteiger partial charge on any atom is -0.335 e. The van der Waals surface area contributed by atoms with E-state index in [-0.39, 0.29) is 23.5 Å². The van der Waals surface area contributed by atoms with Crippen LogP contribution in [0.1, 0.15) is 64.4 Å². The standard InChI is InChI=1S/C31H44F3N5O2/c1-30(2)24-9-8-22(27(30)20-24)21-39(29(41)36-26-12-10-23(11-13-26)31(32,33)34)19-16-37-14-17-38(18-15-37)28(40)35-25-6-4-3-5-7-25/h8,10-13,24-25,27H,3-7,9,14-21H2,1-2H3,(H,35,40)(H,36,41). The lowest BCUT2D eigenvalue weighted by atomic mass is 9.49. The smallest absolute Gasteiger partial charge is 0.335 e. The van der Waals surface area contributed by atoms with Gasteiger partial charge in [0, 0.05) is 57.5 Å². The lowest BCUT2D eigenvalue weighted by Gasteiger charge is -2.57. The highest BCUT2D eigenvalue weighted by Gasteiger charge is 2.51. The van der Waals surface area contributed by atoms with E-state index in [1.54, 1.807) is 4.90 Å². The van der Waals surface area contributed by atoms with Crippen molar-refractivity contribution in [3.05, 3.63) is 41.5 Å². The second-order valence-corrected chi connectivity index (χ2v) is 12.9. The fourth-order valence-electron chi connectivity index (χ4n) is 7.02. The highest BCUT2D eigenvalue weighted by Crippen LogP contribution is 2.59. The first-order valence-corrected chi connectivity index (χ1v) is 15.2. The van der Waals surface area contributed by atoms with E-state index < -0.39 is 11.7 Å². The fraction of sp³-hybridized carbons (Fsp3) is 0.677. The molecular weight excluding hydrogens is 531 g/mol. The zero-order chi connectivity index (χ0) is 29.2. The Balaban J connectivity index is 1.17. The van der Waals surface area contributed by atoms with Gasteiger partial charge in [0.25, 0.3) is 0 Å². The monoisotopic (exact) mass is 575 g/mol. The van der Waals surface area contributed by atoms with Crippen LogP contribution in [0.2, 0.25) is 0 Å². The fourth-order valence-corrected chi connectivity index (χ4v) is 7.02. The van der Waals surface area contributed by atoms with Crippen molar-refractivity contribution < 1.29 is 22.8 Å². The van der Waals surface area contributed by atoms with E-state index in [1.807, 2.05) is 4.90 Å². The molecule has 7 nitrogen and oxygen atoms in total. The highest BCUT2D eigenvalue weighted by atomic mass is 19.4. The number of anilines is 1. The molecule has 2 unspecified atom stereocenters. The van der Waals surface area contributed by atoms with Crippen molar-refractivity contribution in [2.45, 2.75) is 71.0 Å². The van der Waals surface area contributed by atoms with Gasteiger partial charge in [-0.3, -0.25) is 4.90 Å². The third-order valence-corrected chi connectivity index (χ3v) is 9.99. The Labute approximate surface area is 241 Å². The molecule has 0 aromatic heterocycles. The van der Waals surface area contributed by atoms with Crippen LogP contribution in [0.25, 0.3) is 0 Å². The van der Waals surface area contributed by atoms with Gasteiger partial charge < -0.3 is 20.4 Å². The molecule has 1 heterocycles. The molecule has 0 spiro atoms. The van der Waals surface area contributed by atoms with Gasteiger partial charge in [-0.05, 0) is 67.2 Å². The Hall–Kier alpha value is -2.75. The Kier molecular flexibility index (Phi) is 8.87. The Bertz CT molecular complexity index is 1110. The third-order valence-electron chi connectivity index (χ3n) is 9.99. The number of hydrogen-bond acceptors (Lipinski definition) is 3. The number of fused-ring (bicyclic) bond motifs is 1. The molecule has 2 bridgehead atoms. The number of amides is 4. The van der Waals surface area contributed by atoms with Crippen molar-refractivity contribution in [3.63, 3.8) is 0 Å². The number of benzene rings is 1. The highest BCUT2D eigenvalue weighted by molar-refractivity contribution is 5.89. The molecule has 10 heteroatoms. The molecule has 1 aliphatic heterocycles. The summed E-state index contributed by atoms with van der Waals surface area (Å²) >= 11 is 0. The maximum atomic E-state index is 13.4. The number of urea groups is 2. The van der Waals surface area contributed by atoms with E-state index in [2.05, 4.69) is 35.5 Å². The molecule has 1 aromatic rings. The summed E-state index contributed by atoms with van der Waals surface area (Å²) in [5.74, 6) is 1.14. The lowest BCUT2D eigenvalue weighted by molar-refractivity contribution is -0.137. The number of halogens is 3. The van der Waals surface area contributed by atoms with Crippen LogP contribution in [0.5, 0.6) is 0 Å². The average molecular weight is 576 g/mol. The molecule has 5 aliphatic rings. The number of carbonyl (C=O) groups excluding carboxylic acids is 2. The number of piperazine rings is 1. The van der Waals surface area contributed by atoms with Gasteiger partial charge in [-0.2, -0.15) is 13.2 Å². The van der Waals surface area contributed by atoms with Crippen molar-refractivity contribution in [2.24, 2.45) is 17.3 Å². The summed E-state index contributed by atoms with van der Waals surface area (Å²) in [6.07, 6.45) is 5.77. The van der Waals surface area contributed by atoms with Gasteiger partial charge in [-0.25, -0.2) is 9.59 Å². The minimum absolute atomic E-state index is 0.0275. The number of nitrogens with zero attached hydrogens (tertiary/aromatic N) is 3. The SMILES string of the molecule is CC1(C)C2CC=C(CN(CCN3CCN(C(=O)NC4CCCCC4)CC3)C(=O)Nc3ccc(C(F)(F)F)cc3)C1C2. The van der Waals surface area contributed by atoms with Crippen LogP contribution >= 0.6 is 0 Å². The summed E-state index contributed by atoms with van der Waals surface area (Å²) < 4.78 is 39.0. The summed E-state index contributed by atoms with van der Waals surface area (Å²) in [6, 6.07) is 4.59. The Morgan fingerprint density at radius 2 is 1.71 bits per heavy atom. The van der Waals surface area contributed by atoms with Gasteiger partial charge in [-0.15, -0.1) is 0 Å². The summed E-state index contributed by atoms with van der Waals surface area (Å²) in [6.45, 7) is 9.07. The maximum Gasteiger partial charge on any atom is 0.416 e. The molecule has 1 aromatic carbocycles. The molecule has 2 saturated carbocycles. The van der Waals surface area contributed by atoms with Crippen molar-refractivity contribution in [2.75, 3.05) is 51.1 Å². The number of carbonyl (C=O) groups is 2. The molecule has 2 atom stereocenters. The minimum atomic E-state index is -4.42. The van der Waals surface area contributed by atoms with Gasteiger partial charge in [0.2, 0.25) is 0 Å². The van der Waals surface area contributed by atoms with Crippen molar-refractivity contribution in [1.82, 2.24) is 20.0 Å². The summed E-state index contributed by atoms with van der Waals surface area (Å²) in [5.41, 5.74) is 1.11. The zero-order valence-electron chi connectivity index (χ0n) is 24.3. The molecule has 0 radical (unpaired) electrons. The van der Waals surface area contributed by atoms with E-state index in [0.717, 1.165) is 50.9 Å². The first-order valence-electron chi connectivity index (χ1n) is 15.2. The molecule has 41 heavy (non-hydrogen) atoms. The number of rotatable bonds is 7. The first kappa shape index (κ1) is 29.7. The number of nitrogens with one attached hydrogen (secondary N) is 2. The predicted molar refractivity (Wildman–Crippen MR) is 154 cm³/mol. The molecule has 2 N–H and O–H groups in total. The van der Waals surface area contributed by atoms with Crippen molar-refractivity contribution >= 4 is 17.7 Å². The first-order chi connectivity index (χ1) is 19.5. The molecular formula is C31H44F3N5O2. The molecule has 1 saturated heterocycles. The topological polar surface area (TPSA) is 67.9 Å². The van der Waals surface area contributed by atoms with Gasteiger partial charge >= 0.3 is 18.2 Å². The van der Waals surface area contributed by atoms with Crippen LogP contribution in [0.3, 0.4) is 0 Å². The maximum absolute atomic E-state index is 13.4. The molecule has 4 amide bonds. The van der Waals surface area contributed by atoms with Crippen LogP contribution in [-0.4, -0.2) is 78.6 Å². The van der Waals surface area contributed by atoms with Crippen molar-refractivity contribution in [3.8, 4) is 0 Å². The molecule has 226 valence electrons. The van der Waals surface area contributed by atoms with Crippen LogP contribution in [0.4, 0.5) is 28.4 Å². The van der Waals surface area contributed by atoms with Crippen LogP contribution in [-0.2, 0) is 6.18 Å². The second kappa shape index (κ2) is 12.2. The largest absolute Gasteiger partial charge is 0.416 e. The quantitative estimate of drug-likeness (QED) is 0.381. The van der Waals surface area contributed by atoms with Gasteiger partial charge in [0.05, 0.1) is 5.56 Å². The number of allylic oxidation sites excluding steroid dienone is 1. The van der Waals surface area contributed by atoms with E-state index in [1.165, 1.54) is 37.0 Å². The van der Waals surface area contributed by atoms with Gasteiger partial charge in [0.15, 0.2) is 0 Å². The molecule has 3 fully saturated rings. The van der Waals surface area contributed by atoms with Gasteiger partial charge in [0.1, 0.15) is 0 Å². The van der Waals surface area contributed by atoms with E-state index >= 15 is 0 Å². The predicted octanol–water partition coefficient (Wildman–Crippen LogP) is 6.19. The normalized spacial score (nSPS) is 24.7. The average Bonchev–Trinajstić information content (AvgIpc) is 2.95. The zero-order valence-corrected chi connectivity index (χ0v) is 24.3. The van der Waals surface area contributed by atoms with Crippen LogP contribution in [0, 0.1) is 17.3 Å².